The molecule has 0 bridgehead atoms. The fraction of sp³-hybridized carbons (Fsp3) is 0.500. The van der Waals surface area contributed by atoms with Crippen LogP contribution < -0.4 is 5.73 Å². The first kappa shape index (κ1) is 11.7. The van der Waals surface area contributed by atoms with Gasteiger partial charge in [0.25, 0.3) is 0 Å². The minimum absolute atomic E-state index is 0.0129. The third-order valence-corrected chi connectivity index (χ3v) is 1.97. The molecular weight excluding hydrogens is 198 g/mol. The topological polar surface area (TPSA) is 85.7 Å². The summed E-state index contributed by atoms with van der Waals surface area (Å²) in [4.78, 5) is 10.5. The molecule has 1 unspecified atom stereocenters. The Morgan fingerprint density at radius 3 is 2.93 bits per heavy atom. The Labute approximate surface area is 87.8 Å². The number of hydrogen-bond acceptors (Lipinski definition) is 4. The summed E-state index contributed by atoms with van der Waals surface area (Å²) in [6.45, 7) is 2.67. The Balaban J connectivity index is 2.35. The Bertz CT molecular complexity index is 321. The number of carboxylic acid groups (broad SMARTS) is 1. The first-order valence-corrected chi connectivity index (χ1v) is 4.78. The van der Waals surface area contributed by atoms with E-state index in [9.17, 15) is 4.79 Å². The van der Waals surface area contributed by atoms with Gasteiger partial charge in [-0.2, -0.15) is 0 Å². The van der Waals surface area contributed by atoms with E-state index in [2.05, 4.69) is 0 Å². The zero-order valence-corrected chi connectivity index (χ0v) is 8.60. The molecule has 0 saturated heterocycles. The van der Waals surface area contributed by atoms with Crippen LogP contribution in [0.25, 0.3) is 0 Å². The van der Waals surface area contributed by atoms with Crippen LogP contribution in [0.4, 0.5) is 0 Å². The van der Waals surface area contributed by atoms with Crippen LogP contribution in [-0.4, -0.2) is 23.7 Å². The van der Waals surface area contributed by atoms with Gasteiger partial charge in [-0.15, -0.1) is 0 Å². The van der Waals surface area contributed by atoms with Gasteiger partial charge in [-0.25, -0.2) is 4.79 Å². The third kappa shape index (κ3) is 3.73. The summed E-state index contributed by atoms with van der Waals surface area (Å²) < 4.78 is 10.2. The van der Waals surface area contributed by atoms with Crippen molar-refractivity contribution in [3.05, 3.63) is 23.7 Å². The van der Waals surface area contributed by atoms with Crippen molar-refractivity contribution in [2.45, 2.75) is 26.0 Å². The van der Waals surface area contributed by atoms with E-state index in [0.717, 1.165) is 6.42 Å². The van der Waals surface area contributed by atoms with Crippen molar-refractivity contribution in [3.63, 3.8) is 0 Å². The molecule has 84 valence electrons. The lowest BCUT2D eigenvalue weighted by Gasteiger charge is -2.07. The van der Waals surface area contributed by atoms with Gasteiger partial charge >= 0.3 is 5.97 Å². The van der Waals surface area contributed by atoms with E-state index in [-0.39, 0.29) is 18.4 Å². The number of ether oxygens (including phenoxy) is 1. The average molecular weight is 213 g/mol. The summed E-state index contributed by atoms with van der Waals surface area (Å²) in [6, 6.07) is 3.00. The summed E-state index contributed by atoms with van der Waals surface area (Å²) in [5.41, 5.74) is 5.64. The van der Waals surface area contributed by atoms with Gasteiger partial charge in [-0.05, 0) is 18.6 Å². The molecule has 5 nitrogen and oxygen atoms in total. The lowest BCUT2D eigenvalue weighted by atomic mass is 10.3. The zero-order valence-electron chi connectivity index (χ0n) is 8.60. The van der Waals surface area contributed by atoms with Crippen molar-refractivity contribution < 1.29 is 19.1 Å². The molecule has 0 spiro atoms. The molecule has 0 radical (unpaired) electrons. The van der Waals surface area contributed by atoms with E-state index in [0.29, 0.717) is 12.4 Å². The number of aromatic carboxylic acids is 1. The number of carbonyl (C=O) groups is 1. The van der Waals surface area contributed by atoms with Crippen LogP contribution in [0, 0.1) is 0 Å². The maximum atomic E-state index is 10.5. The number of carboxylic acids is 1. The molecule has 5 heteroatoms. The third-order valence-electron chi connectivity index (χ3n) is 1.97. The highest BCUT2D eigenvalue weighted by atomic mass is 16.5. The van der Waals surface area contributed by atoms with Gasteiger partial charge in [0.15, 0.2) is 0 Å². The van der Waals surface area contributed by atoms with E-state index in [4.69, 9.17) is 20.0 Å². The summed E-state index contributed by atoms with van der Waals surface area (Å²) in [5.74, 6) is -0.657. The number of rotatable bonds is 6. The lowest BCUT2D eigenvalue weighted by Crippen LogP contribution is -2.24. The van der Waals surface area contributed by atoms with Crippen LogP contribution in [0.2, 0.25) is 0 Å². The summed E-state index contributed by atoms with van der Waals surface area (Å²) in [7, 11) is 0. The predicted molar refractivity (Wildman–Crippen MR) is 53.6 cm³/mol. The highest BCUT2D eigenvalue weighted by molar-refractivity contribution is 5.84. The van der Waals surface area contributed by atoms with Gasteiger partial charge in [0.2, 0.25) is 5.76 Å². The maximum Gasteiger partial charge on any atom is 0.371 e. The molecular formula is C10H15NO4. The first-order valence-electron chi connectivity index (χ1n) is 4.78. The van der Waals surface area contributed by atoms with Gasteiger partial charge in [0.1, 0.15) is 12.4 Å². The molecule has 1 aromatic rings. The summed E-state index contributed by atoms with van der Waals surface area (Å²) in [6.07, 6.45) is 0.846. The second-order valence-electron chi connectivity index (χ2n) is 3.25. The van der Waals surface area contributed by atoms with Crippen molar-refractivity contribution >= 4 is 5.97 Å². The van der Waals surface area contributed by atoms with E-state index in [1.54, 1.807) is 6.07 Å². The Kier molecular flexibility index (Phi) is 4.33. The predicted octanol–water partition coefficient (Wildman–Crippen LogP) is 1.23. The van der Waals surface area contributed by atoms with E-state index >= 15 is 0 Å². The van der Waals surface area contributed by atoms with E-state index < -0.39 is 5.97 Å². The fourth-order valence-corrected chi connectivity index (χ4v) is 0.999. The van der Waals surface area contributed by atoms with Crippen molar-refractivity contribution in [1.29, 1.82) is 0 Å². The molecule has 0 saturated carbocycles. The summed E-state index contributed by atoms with van der Waals surface area (Å²) in [5, 5.41) is 8.60. The molecule has 0 aliphatic rings. The maximum absolute atomic E-state index is 10.5. The standard InChI is InChI=1S/C10H15NO4/c1-2-7(11)5-14-6-8-3-4-9(15-8)10(12)13/h3-4,7H,2,5-6,11H2,1H3,(H,12,13). The monoisotopic (exact) mass is 213 g/mol. The minimum atomic E-state index is -1.08. The first-order chi connectivity index (χ1) is 7.13. The van der Waals surface area contributed by atoms with Gasteiger partial charge in [0, 0.05) is 6.04 Å². The van der Waals surface area contributed by atoms with Gasteiger partial charge in [-0.3, -0.25) is 0 Å². The second kappa shape index (κ2) is 5.53. The Morgan fingerprint density at radius 1 is 1.67 bits per heavy atom. The van der Waals surface area contributed by atoms with Crippen LogP contribution in [0.5, 0.6) is 0 Å². The average Bonchev–Trinajstić information content (AvgIpc) is 2.66. The molecule has 0 aliphatic heterocycles. The fourth-order valence-electron chi connectivity index (χ4n) is 0.999. The number of furan rings is 1. The minimum Gasteiger partial charge on any atom is -0.475 e. The van der Waals surface area contributed by atoms with Crippen molar-refractivity contribution in [2.24, 2.45) is 5.73 Å². The van der Waals surface area contributed by atoms with Crippen LogP contribution in [0.3, 0.4) is 0 Å². The normalized spacial score (nSPS) is 12.7. The molecule has 0 amide bonds. The van der Waals surface area contributed by atoms with Crippen molar-refractivity contribution in [1.82, 2.24) is 0 Å². The summed E-state index contributed by atoms with van der Waals surface area (Å²) >= 11 is 0. The molecule has 1 atom stereocenters. The van der Waals surface area contributed by atoms with E-state index in [1.165, 1.54) is 6.07 Å². The van der Waals surface area contributed by atoms with Gasteiger partial charge in [0.05, 0.1) is 6.61 Å². The molecule has 1 rings (SSSR count). The van der Waals surface area contributed by atoms with Crippen molar-refractivity contribution in [2.75, 3.05) is 6.61 Å². The number of hydrogen-bond donors (Lipinski definition) is 2. The SMILES string of the molecule is CCC(N)COCc1ccc(C(=O)O)o1. The molecule has 0 fully saturated rings. The largest absolute Gasteiger partial charge is 0.475 e. The second-order valence-corrected chi connectivity index (χ2v) is 3.25. The van der Waals surface area contributed by atoms with Crippen LogP contribution >= 0.6 is 0 Å². The Hall–Kier alpha value is -1.33. The van der Waals surface area contributed by atoms with Crippen LogP contribution in [-0.2, 0) is 11.3 Å². The van der Waals surface area contributed by atoms with Crippen LogP contribution in [0.1, 0.15) is 29.7 Å². The van der Waals surface area contributed by atoms with E-state index in [1.807, 2.05) is 6.92 Å². The highest BCUT2D eigenvalue weighted by Gasteiger charge is 2.09. The quantitative estimate of drug-likeness (QED) is 0.742. The molecule has 0 aromatic carbocycles. The van der Waals surface area contributed by atoms with Crippen LogP contribution in [0.15, 0.2) is 16.5 Å². The number of nitrogens with two attached hydrogens (primary N) is 1. The van der Waals surface area contributed by atoms with Gasteiger partial charge in [-0.1, -0.05) is 6.92 Å². The molecule has 1 aromatic heterocycles. The molecule has 0 aliphatic carbocycles. The van der Waals surface area contributed by atoms with Gasteiger partial charge < -0.3 is 20.0 Å². The zero-order chi connectivity index (χ0) is 11.3. The highest BCUT2D eigenvalue weighted by Crippen LogP contribution is 2.09. The molecule has 1 heterocycles. The van der Waals surface area contributed by atoms with Crippen molar-refractivity contribution in [3.8, 4) is 0 Å². The Morgan fingerprint density at radius 2 is 2.40 bits per heavy atom. The molecule has 3 N–H and O–H groups in total. The lowest BCUT2D eigenvalue weighted by molar-refractivity contribution is 0.0642. The smallest absolute Gasteiger partial charge is 0.371 e. The molecule has 15 heavy (non-hydrogen) atoms.